The van der Waals surface area contributed by atoms with Crippen LogP contribution in [-0.2, 0) is 11.3 Å². The first-order chi connectivity index (χ1) is 12.9. The summed E-state index contributed by atoms with van der Waals surface area (Å²) in [4.78, 5) is 43.7. The highest BCUT2D eigenvalue weighted by atomic mass is 19.1. The number of nitrogens with zero attached hydrogens (tertiary/aromatic N) is 2. The van der Waals surface area contributed by atoms with Crippen molar-refractivity contribution >= 4 is 17.8 Å². The van der Waals surface area contributed by atoms with Crippen LogP contribution in [0, 0.1) is 5.82 Å². The Kier molecular flexibility index (Phi) is 6.93. The fourth-order valence-electron chi connectivity index (χ4n) is 2.31. The second-order valence-corrected chi connectivity index (χ2v) is 5.72. The van der Waals surface area contributed by atoms with Gasteiger partial charge in [0.05, 0.1) is 0 Å². The molecule has 0 fully saturated rings. The minimum Gasteiger partial charge on any atom is -0.480 e. The zero-order valence-corrected chi connectivity index (χ0v) is 14.6. The van der Waals surface area contributed by atoms with Crippen LogP contribution >= 0.6 is 0 Å². The van der Waals surface area contributed by atoms with Gasteiger partial charge in [0.15, 0.2) is 11.4 Å². The van der Waals surface area contributed by atoms with Gasteiger partial charge in [-0.05, 0) is 24.1 Å². The van der Waals surface area contributed by atoms with Gasteiger partial charge < -0.3 is 15.7 Å². The van der Waals surface area contributed by atoms with Crippen LogP contribution in [0.2, 0.25) is 0 Å². The summed E-state index contributed by atoms with van der Waals surface area (Å²) in [7, 11) is 0. The van der Waals surface area contributed by atoms with Gasteiger partial charge in [0.1, 0.15) is 11.9 Å². The van der Waals surface area contributed by atoms with Gasteiger partial charge in [0.2, 0.25) is 0 Å². The Labute approximate surface area is 154 Å². The molecule has 1 unspecified atom stereocenters. The Bertz CT molecular complexity index is 826. The van der Waals surface area contributed by atoms with E-state index in [9.17, 15) is 18.8 Å². The maximum atomic E-state index is 12.9. The zero-order valence-electron chi connectivity index (χ0n) is 14.6. The summed E-state index contributed by atoms with van der Waals surface area (Å²) in [5.74, 6) is -3.01. The van der Waals surface area contributed by atoms with Gasteiger partial charge in [-0.15, -0.1) is 0 Å². The van der Waals surface area contributed by atoms with Crippen LogP contribution in [0.1, 0.15) is 46.3 Å². The summed E-state index contributed by atoms with van der Waals surface area (Å²) in [5, 5.41) is 14.1. The molecule has 0 aliphatic carbocycles. The topological polar surface area (TPSA) is 121 Å². The van der Waals surface area contributed by atoms with Crippen molar-refractivity contribution in [2.45, 2.75) is 32.4 Å². The lowest BCUT2D eigenvalue weighted by molar-refractivity contribution is -0.139. The number of aliphatic carboxylic acids is 1. The molecular weight excluding hydrogens is 355 g/mol. The lowest BCUT2D eigenvalue weighted by Crippen LogP contribution is -2.42. The van der Waals surface area contributed by atoms with Gasteiger partial charge in [-0.1, -0.05) is 25.5 Å². The SMILES string of the molecule is CCCC(NC(=O)c1nccnc1C(=O)NCc1ccc(F)cc1)C(=O)O. The third kappa shape index (κ3) is 5.56. The van der Waals surface area contributed by atoms with Crippen LogP contribution in [0.15, 0.2) is 36.7 Å². The van der Waals surface area contributed by atoms with Crippen LogP contribution in [0.4, 0.5) is 4.39 Å². The van der Waals surface area contributed by atoms with E-state index >= 15 is 0 Å². The van der Waals surface area contributed by atoms with Crippen molar-refractivity contribution in [3.8, 4) is 0 Å². The molecule has 27 heavy (non-hydrogen) atoms. The highest BCUT2D eigenvalue weighted by Crippen LogP contribution is 2.06. The van der Waals surface area contributed by atoms with Gasteiger partial charge in [-0.25, -0.2) is 19.2 Å². The van der Waals surface area contributed by atoms with Gasteiger partial charge in [0, 0.05) is 18.9 Å². The normalized spacial score (nSPS) is 11.5. The van der Waals surface area contributed by atoms with Crippen LogP contribution < -0.4 is 10.6 Å². The van der Waals surface area contributed by atoms with Crippen molar-refractivity contribution in [2.24, 2.45) is 0 Å². The Morgan fingerprint density at radius 1 is 1.07 bits per heavy atom. The first-order valence-electron chi connectivity index (χ1n) is 8.29. The molecular formula is C18H19FN4O4. The fourth-order valence-corrected chi connectivity index (χ4v) is 2.31. The molecule has 1 aromatic heterocycles. The fraction of sp³-hybridized carbons (Fsp3) is 0.278. The van der Waals surface area contributed by atoms with Crippen molar-refractivity contribution in [3.05, 3.63) is 59.4 Å². The summed E-state index contributed by atoms with van der Waals surface area (Å²) in [6.07, 6.45) is 3.29. The molecule has 0 bridgehead atoms. The molecule has 1 aromatic carbocycles. The minimum atomic E-state index is -1.17. The standard InChI is InChI=1S/C18H19FN4O4/c1-2-3-13(18(26)27)23-17(25)15-14(20-8-9-21-15)16(24)22-10-11-4-6-12(19)7-5-11/h4-9,13H,2-3,10H2,1H3,(H,22,24)(H,23,25)(H,26,27). The second kappa shape index (κ2) is 9.37. The number of nitrogens with one attached hydrogen (secondary N) is 2. The number of hydrogen-bond acceptors (Lipinski definition) is 5. The van der Waals surface area contributed by atoms with Crippen molar-refractivity contribution in [1.29, 1.82) is 0 Å². The minimum absolute atomic E-state index is 0.102. The zero-order chi connectivity index (χ0) is 19.8. The smallest absolute Gasteiger partial charge is 0.326 e. The number of benzene rings is 1. The molecule has 8 nitrogen and oxygen atoms in total. The molecule has 2 amide bonds. The number of halogens is 1. The Balaban J connectivity index is 2.11. The van der Waals surface area contributed by atoms with Crippen molar-refractivity contribution < 1.29 is 23.9 Å². The van der Waals surface area contributed by atoms with Gasteiger partial charge >= 0.3 is 5.97 Å². The molecule has 0 saturated carbocycles. The van der Waals surface area contributed by atoms with E-state index in [-0.39, 0.29) is 24.4 Å². The molecule has 142 valence electrons. The van der Waals surface area contributed by atoms with Crippen LogP contribution in [-0.4, -0.2) is 38.9 Å². The summed E-state index contributed by atoms with van der Waals surface area (Å²) >= 11 is 0. The molecule has 3 N–H and O–H groups in total. The number of carbonyl (C=O) groups is 3. The maximum Gasteiger partial charge on any atom is 0.326 e. The van der Waals surface area contributed by atoms with Crippen LogP contribution in [0.5, 0.6) is 0 Å². The monoisotopic (exact) mass is 374 g/mol. The molecule has 0 aliphatic rings. The Hall–Kier alpha value is -3.36. The average Bonchev–Trinajstić information content (AvgIpc) is 2.66. The third-order valence-corrected chi connectivity index (χ3v) is 3.68. The Morgan fingerprint density at radius 2 is 1.67 bits per heavy atom. The van der Waals surface area contributed by atoms with Crippen LogP contribution in [0.25, 0.3) is 0 Å². The van der Waals surface area contributed by atoms with E-state index in [4.69, 9.17) is 5.11 Å². The average molecular weight is 374 g/mol. The first kappa shape index (κ1) is 20.0. The Morgan fingerprint density at radius 3 is 2.22 bits per heavy atom. The van der Waals surface area contributed by atoms with Crippen molar-refractivity contribution in [2.75, 3.05) is 0 Å². The molecule has 2 aromatic rings. The maximum absolute atomic E-state index is 12.9. The highest BCUT2D eigenvalue weighted by molar-refractivity contribution is 6.05. The molecule has 9 heteroatoms. The molecule has 0 aliphatic heterocycles. The van der Waals surface area contributed by atoms with E-state index in [0.717, 1.165) is 0 Å². The lowest BCUT2D eigenvalue weighted by atomic mass is 10.1. The van der Waals surface area contributed by atoms with E-state index in [1.54, 1.807) is 6.92 Å². The first-order valence-corrected chi connectivity index (χ1v) is 8.29. The number of rotatable bonds is 8. The molecule has 1 atom stereocenters. The van der Waals surface area contributed by atoms with E-state index < -0.39 is 29.6 Å². The third-order valence-electron chi connectivity index (χ3n) is 3.68. The van der Waals surface area contributed by atoms with E-state index in [1.807, 2.05) is 0 Å². The molecule has 2 rings (SSSR count). The molecule has 0 saturated heterocycles. The van der Waals surface area contributed by atoms with Gasteiger partial charge in [-0.3, -0.25) is 9.59 Å². The van der Waals surface area contributed by atoms with Gasteiger partial charge in [0.25, 0.3) is 11.8 Å². The van der Waals surface area contributed by atoms with E-state index in [2.05, 4.69) is 20.6 Å². The van der Waals surface area contributed by atoms with E-state index in [0.29, 0.717) is 12.0 Å². The second-order valence-electron chi connectivity index (χ2n) is 5.72. The van der Waals surface area contributed by atoms with Crippen molar-refractivity contribution in [1.82, 2.24) is 20.6 Å². The summed E-state index contributed by atoms with van der Waals surface area (Å²) in [6.45, 7) is 1.89. The number of carbonyl (C=O) groups excluding carboxylic acids is 2. The molecule has 0 radical (unpaired) electrons. The number of carboxylic acid groups (broad SMARTS) is 1. The van der Waals surface area contributed by atoms with Crippen LogP contribution in [0.3, 0.4) is 0 Å². The quantitative estimate of drug-likeness (QED) is 0.644. The summed E-state index contributed by atoms with van der Waals surface area (Å²) in [5.41, 5.74) is 0.169. The number of hydrogen-bond donors (Lipinski definition) is 3. The molecule has 0 spiro atoms. The lowest BCUT2D eigenvalue weighted by Gasteiger charge is -2.14. The molecule has 1 heterocycles. The highest BCUT2D eigenvalue weighted by Gasteiger charge is 2.25. The number of aromatic nitrogens is 2. The number of amides is 2. The predicted molar refractivity (Wildman–Crippen MR) is 93.4 cm³/mol. The summed E-state index contributed by atoms with van der Waals surface area (Å²) < 4.78 is 12.9. The predicted octanol–water partition coefficient (Wildman–Crippen LogP) is 1.53. The van der Waals surface area contributed by atoms with E-state index in [1.165, 1.54) is 36.7 Å². The van der Waals surface area contributed by atoms with Gasteiger partial charge in [-0.2, -0.15) is 0 Å². The largest absolute Gasteiger partial charge is 0.480 e. The summed E-state index contributed by atoms with van der Waals surface area (Å²) in [6, 6.07) is 4.48. The number of carboxylic acids is 1. The van der Waals surface area contributed by atoms with Crippen molar-refractivity contribution in [3.63, 3.8) is 0 Å².